The number of methoxy groups -OCH3 is 2. The van der Waals surface area contributed by atoms with Gasteiger partial charge in [0.15, 0.2) is 5.82 Å². The molecule has 0 aliphatic rings. The van der Waals surface area contributed by atoms with Gasteiger partial charge >= 0.3 is 0 Å². The predicted molar refractivity (Wildman–Crippen MR) is 105 cm³/mol. The van der Waals surface area contributed by atoms with Gasteiger partial charge < -0.3 is 19.3 Å². The first-order chi connectivity index (χ1) is 12.8. The average Bonchev–Trinajstić information content (AvgIpc) is 2.64. The highest BCUT2D eigenvalue weighted by Gasteiger charge is 2.29. The van der Waals surface area contributed by atoms with Crippen LogP contribution in [0.1, 0.15) is 36.9 Å². The highest BCUT2D eigenvalue weighted by Crippen LogP contribution is 2.35. The number of nitro groups is 1. The van der Waals surface area contributed by atoms with E-state index in [4.69, 9.17) is 14.2 Å². The molecule has 1 heterocycles. The Morgan fingerprint density at radius 3 is 2.26 bits per heavy atom. The zero-order chi connectivity index (χ0) is 20.1. The number of rotatable bonds is 8. The molecule has 1 atom stereocenters. The second kappa shape index (κ2) is 9.24. The predicted octanol–water partition coefficient (Wildman–Crippen LogP) is 3.01. The molecule has 2 aromatic rings. The van der Waals surface area contributed by atoms with E-state index in [-0.39, 0.29) is 41.5 Å². The molecule has 0 spiro atoms. The molecule has 0 radical (unpaired) electrons. The lowest BCUT2D eigenvalue weighted by atomic mass is 10.0. The summed E-state index contributed by atoms with van der Waals surface area (Å²) in [5.74, 6) is 0.284. The van der Waals surface area contributed by atoms with Crippen molar-refractivity contribution >= 4 is 28.3 Å². The van der Waals surface area contributed by atoms with Crippen LogP contribution in [-0.2, 0) is 11.3 Å². The smallest absolute Gasteiger partial charge is 0.281 e. The number of aliphatic hydroxyl groups is 1. The topological polar surface area (TPSA) is 117 Å². The summed E-state index contributed by atoms with van der Waals surface area (Å²) >= 11 is 2.03. The first-order valence-corrected chi connectivity index (χ1v) is 9.08. The van der Waals surface area contributed by atoms with Gasteiger partial charge in [0.05, 0.1) is 49.0 Å². The van der Waals surface area contributed by atoms with Gasteiger partial charge in [-0.1, -0.05) is 0 Å². The quantitative estimate of drug-likeness (QED) is 0.342. The van der Waals surface area contributed by atoms with Gasteiger partial charge in [-0.3, -0.25) is 10.1 Å². The summed E-state index contributed by atoms with van der Waals surface area (Å²) in [6.07, 6.45) is -1.54. The van der Waals surface area contributed by atoms with E-state index in [1.54, 1.807) is 6.07 Å². The number of benzene rings is 1. The van der Waals surface area contributed by atoms with Crippen LogP contribution in [0, 0.1) is 13.7 Å². The van der Waals surface area contributed by atoms with Crippen LogP contribution in [0.15, 0.2) is 18.2 Å². The monoisotopic (exact) mass is 489 g/mol. The molecule has 1 N–H and O–H groups in total. The van der Waals surface area contributed by atoms with Crippen molar-refractivity contribution in [3.05, 3.63) is 48.8 Å². The number of nitro benzene ring substituents is 1. The van der Waals surface area contributed by atoms with Crippen LogP contribution >= 0.6 is 22.6 Å². The Morgan fingerprint density at radius 1 is 1.19 bits per heavy atom. The van der Waals surface area contributed by atoms with Gasteiger partial charge in [-0.15, -0.1) is 0 Å². The van der Waals surface area contributed by atoms with Crippen LogP contribution in [0.25, 0.3) is 0 Å². The minimum absolute atomic E-state index is 0.0484. The fourth-order valence-corrected chi connectivity index (χ4v) is 3.08. The summed E-state index contributed by atoms with van der Waals surface area (Å²) in [5.41, 5.74) is 0.211. The second-order valence-electron chi connectivity index (χ2n) is 5.83. The largest absolute Gasteiger partial charge is 0.481 e. The van der Waals surface area contributed by atoms with Gasteiger partial charge in [-0.2, -0.15) is 9.97 Å². The Balaban J connectivity index is 2.58. The fraction of sp³-hybridized carbons (Fsp3) is 0.412. The summed E-state index contributed by atoms with van der Waals surface area (Å²) in [7, 11) is 2.82. The van der Waals surface area contributed by atoms with Crippen LogP contribution in [-0.4, -0.2) is 40.3 Å². The Morgan fingerprint density at radius 2 is 1.78 bits per heavy atom. The molecule has 0 saturated carbocycles. The minimum atomic E-state index is -1.44. The zero-order valence-corrected chi connectivity index (χ0v) is 17.5. The summed E-state index contributed by atoms with van der Waals surface area (Å²) in [6.45, 7) is 3.73. The van der Waals surface area contributed by atoms with Crippen molar-refractivity contribution in [2.24, 2.45) is 0 Å². The van der Waals surface area contributed by atoms with E-state index >= 15 is 0 Å². The average molecular weight is 489 g/mol. The molecule has 0 aliphatic heterocycles. The van der Waals surface area contributed by atoms with E-state index in [1.807, 2.05) is 36.4 Å². The molecule has 0 saturated heterocycles. The molecule has 0 aliphatic carbocycles. The van der Waals surface area contributed by atoms with Gasteiger partial charge in [0.2, 0.25) is 11.8 Å². The maximum absolute atomic E-state index is 11.7. The molecule has 27 heavy (non-hydrogen) atoms. The van der Waals surface area contributed by atoms with Crippen LogP contribution in [0.4, 0.5) is 5.69 Å². The van der Waals surface area contributed by atoms with Crippen molar-refractivity contribution in [3.8, 4) is 11.8 Å². The Kier molecular flexibility index (Phi) is 7.27. The highest BCUT2D eigenvalue weighted by atomic mass is 127. The van der Waals surface area contributed by atoms with E-state index in [9.17, 15) is 15.2 Å². The van der Waals surface area contributed by atoms with Crippen molar-refractivity contribution in [2.45, 2.75) is 32.7 Å². The highest BCUT2D eigenvalue weighted by molar-refractivity contribution is 14.1. The molecule has 0 bridgehead atoms. The lowest BCUT2D eigenvalue weighted by Crippen LogP contribution is -2.12. The van der Waals surface area contributed by atoms with Crippen LogP contribution in [0.2, 0.25) is 0 Å². The van der Waals surface area contributed by atoms with Gasteiger partial charge in [-0.05, 0) is 48.6 Å². The van der Waals surface area contributed by atoms with Crippen LogP contribution in [0.5, 0.6) is 11.8 Å². The standard InChI is InChI=1S/C17H20IN3O6/c1-9(2)27-8-10-5-11(18)6-12(15(10)21(23)24)16(22)17-19-13(25-3)7-14(20-17)26-4/h5-7,9,16,22H,8H2,1-4H3. The first kappa shape index (κ1) is 21.3. The zero-order valence-electron chi connectivity index (χ0n) is 15.3. The third kappa shape index (κ3) is 5.23. The molecule has 9 nitrogen and oxygen atoms in total. The molecule has 1 aromatic heterocycles. The van der Waals surface area contributed by atoms with Crippen LogP contribution < -0.4 is 9.47 Å². The molecule has 146 valence electrons. The van der Waals surface area contributed by atoms with Crippen molar-refractivity contribution in [1.29, 1.82) is 0 Å². The molecule has 10 heteroatoms. The van der Waals surface area contributed by atoms with Gasteiger partial charge in [-0.25, -0.2) is 0 Å². The van der Waals surface area contributed by atoms with E-state index in [0.717, 1.165) is 0 Å². The molecule has 2 rings (SSSR count). The van der Waals surface area contributed by atoms with Crippen LogP contribution in [0.3, 0.4) is 0 Å². The Hall–Kier alpha value is -2.05. The molecule has 1 aromatic carbocycles. The molecule has 0 amide bonds. The number of hydrogen-bond acceptors (Lipinski definition) is 8. The third-order valence-electron chi connectivity index (χ3n) is 3.59. The summed E-state index contributed by atoms with van der Waals surface area (Å²) in [5, 5.41) is 22.5. The number of halogens is 1. The lowest BCUT2D eigenvalue weighted by Gasteiger charge is -2.15. The summed E-state index contributed by atoms with van der Waals surface area (Å²) in [4.78, 5) is 19.4. The number of aliphatic hydroxyl groups excluding tert-OH is 1. The Bertz CT molecular complexity index is 808. The minimum Gasteiger partial charge on any atom is -0.481 e. The van der Waals surface area contributed by atoms with Gasteiger partial charge in [0.25, 0.3) is 5.69 Å². The van der Waals surface area contributed by atoms with Gasteiger partial charge in [0, 0.05) is 3.57 Å². The molecule has 0 fully saturated rings. The van der Waals surface area contributed by atoms with E-state index in [0.29, 0.717) is 9.13 Å². The number of nitrogens with zero attached hydrogens (tertiary/aromatic N) is 3. The molecule has 1 unspecified atom stereocenters. The van der Waals surface area contributed by atoms with E-state index < -0.39 is 11.0 Å². The number of aromatic nitrogens is 2. The number of hydrogen-bond donors (Lipinski definition) is 1. The van der Waals surface area contributed by atoms with Crippen molar-refractivity contribution in [2.75, 3.05) is 14.2 Å². The third-order valence-corrected chi connectivity index (χ3v) is 4.21. The fourth-order valence-electron chi connectivity index (χ4n) is 2.37. The summed E-state index contributed by atoms with van der Waals surface area (Å²) in [6, 6.07) is 4.63. The second-order valence-corrected chi connectivity index (χ2v) is 7.08. The lowest BCUT2D eigenvalue weighted by molar-refractivity contribution is -0.387. The summed E-state index contributed by atoms with van der Waals surface area (Å²) < 4.78 is 16.4. The molecular weight excluding hydrogens is 469 g/mol. The Labute approximate surface area is 170 Å². The number of ether oxygens (including phenoxy) is 3. The van der Waals surface area contributed by atoms with Crippen molar-refractivity contribution in [1.82, 2.24) is 9.97 Å². The van der Waals surface area contributed by atoms with Gasteiger partial charge in [0.1, 0.15) is 6.10 Å². The maximum Gasteiger partial charge on any atom is 0.281 e. The molecular formula is C17H20IN3O6. The maximum atomic E-state index is 11.7. The van der Waals surface area contributed by atoms with E-state index in [1.165, 1.54) is 26.4 Å². The van der Waals surface area contributed by atoms with Crippen molar-refractivity contribution in [3.63, 3.8) is 0 Å². The van der Waals surface area contributed by atoms with E-state index in [2.05, 4.69) is 9.97 Å². The normalized spacial score (nSPS) is 12.1. The van der Waals surface area contributed by atoms with Crippen molar-refractivity contribution < 1.29 is 24.2 Å². The first-order valence-electron chi connectivity index (χ1n) is 8.00. The SMILES string of the molecule is COc1cc(OC)nc(C(O)c2cc(I)cc(COC(C)C)c2[N+](=O)[O-])n1.